The number of halogens is 3. The van der Waals surface area contributed by atoms with Crippen LogP contribution in [0.25, 0.3) is 0 Å². The van der Waals surface area contributed by atoms with Crippen molar-refractivity contribution in [2.75, 3.05) is 11.9 Å². The van der Waals surface area contributed by atoms with Crippen molar-refractivity contribution in [3.63, 3.8) is 0 Å². The molecule has 35 heavy (non-hydrogen) atoms. The molecule has 2 aromatic rings. The molecule has 182 valence electrons. The molecule has 4 rings (SSSR count). The molecule has 1 aromatic carbocycles. The van der Waals surface area contributed by atoms with Crippen LogP contribution in [-0.4, -0.2) is 34.5 Å². The van der Waals surface area contributed by atoms with Gasteiger partial charge in [-0.25, -0.2) is 4.98 Å². The minimum atomic E-state index is -4.80. The zero-order chi connectivity index (χ0) is 25.4. The molecule has 1 saturated heterocycles. The number of aryl methyl sites for hydroxylation is 1. The topological polar surface area (TPSA) is 98.1 Å². The summed E-state index contributed by atoms with van der Waals surface area (Å²) in [7, 11) is 1.60. The number of thiocarbonyl (C=S) groups is 1. The van der Waals surface area contributed by atoms with Crippen molar-refractivity contribution >= 4 is 34.8 Å². The molecule has 2 unspecified atom stereocenters. The van der Waals surface area contributed by atoms with Crippen LogP contribution in [0.3, 0.4) is 0 Å². The van der Waals surface area contributed by atoms with E-state index in [1.165, 1.54) is 6.07 Å². The summed E-state index contributed by atoms with van der Waals surface area (Å²) in [6, 6.07) is 9.96. The van der Waals surface area contributed by atoms with Crippen molar-refractivity contribution in [3.05, 3.63) is 58.9 Å². The predicted octanol–water partition coefficient (Wildman–Crippen LogP) is 3.58. The number of rotatable bonds is 6. The number of nitriles is 1. The Bertz CT molecular complexity index is 1230. The van der Waals surface area contributed by atoms with E-state index in [2.05, 4.69) is 15.6 Å². The number of nitrogens with one attached hydrogen (secondary N) is 2. The maximum atomic E-state index is 13.5. The van der Waals surface area contributed by atoms with Crippen LogP contribution in [0, 0.1) is 11.3 Å². The maximum absolute atomic E-state index is 13.5. The summed E-state index contributed by atoms with van der Waals surface area (Å²) in [5.41, 5.74) is -1.16. The van der Waals surface area contributed by atoms with Gasteiger partial charge in [-0.1, -0.05) is 24.3 Å². The number of anilines is 1. The molecule has 2 heterocycles. The highest BCUT2D eigenvalue weighted by Crippen LogP contribution is 2.50. The smallest absolute Gasteiger partial charge is 0.359 e. The lowest BCUT2D eigenvalue weighted by molar-refractivity contribution is -0.138. The molecule has 0 radical (unpaired) electrons. The standard InChI is InChI=1S/C24H22F3N5O2S/c1-29-20(33)4-2-3-14-5-7-15(8-6-14)17-9-10-23(17)21(34)32(22(35)31-23)16-11-18(24(25,26)27)19(12-28)30-13-16/h5-8,11,13,17H,2-4,9-10H2,1H3,(H,29,33)(H,31,35). The monoisotopic (exact) mass is 501 g/mol. The highest BCUT2D eigenvalue weighted by atomic mass is 32.1. The van der Waals surface area contributed by atoms with Crippen LogP contribution >= 0.6 is 12.2 Å². The van der Waals surface area contributed by atoms with E-state index in [1.54, 1.807) is 7.05 Å². The highest BCUT2D eigenvalue weighted by Gasteiger charge is 2.60. The number of aromatic nitrogens is 1. The summed E-state index contributed by atoms with van der Waals surface area (Å²) in [5.74, 6) is -0.650. The molecule has 2 N–H and O–H groups in total. The highest BCUT2D eigenvalue weighted by molar-refractivity contribution is 7.80. The summed E-state index contributed by atoms with van der Waals surface area (Å²) >= 11 is 5.34. The van der Waals surface area contributed by atoms with Gasteiger partial charge in [0.2, 0.25) is 5.91 Å². The van der Waals surface area contributed by atoms with Gasteiger partial charge in [0.1, 0.15) is 11.6 Å². The molecule has 2 fully saturated rings. The molecule has 0 bridgehead atoms. The molecular formula is C24H22F3N5O2S. The van der Waals surface area contributed by atoms with Crippen molar-refractivity contribution in [2.45, 2.75) is 49.7 Å². The van der Waals surface area contributed by atoms with E-state index < -0.39 is 28.9 Å². The molecule has 1 saturated carbocycles. The number of nitrogens with zero attached hydrogens (tertiary/aromatic N) is 3. The molecule has 2 aliphatic rings. The van der Waals surface area contributed by atoms with Gasteiger partial charge in [-0.3, -0.25) is 14.5 Å². The van der Waals surface area contributed by atoms with Gasteiger partial charge >= 0.3 is 6.18 Å². The fourth-order valence-electron chi connectivity index (χ4n) is 4.64. The zero-order valence-electron chi connectivity index (χ0n) is 18.8. The molecule has 1 aliphatic carbocycles. The number of carbonyl (C=O) groups excluding carboxylic acids is 2. The number of pyridine rings is 1. The first-order valence-corrected chi connectivity index (χ1v) is 11.4. The normalized spacial score (nSPS) is 21.5. The second-order valence-corrected chi connectivity index (χ2v) is 8.99. The van der Waals surface area contributed by atoms with Crippen LogP contribution in [0.2, 0.25) is 0 Å². The summed E-state index contributed by atoms with van der Waals surface area (Å²) in [6.07, 6.45) is -0.651. The van der Waals surface area contributed by atoms with Crippen LogP contribution in [-0.2, 0) is 22.2 Å². The number of benzene rings is 1. The Labute approximate surface area is 205 Å². The quantitative estimate of drug-likeness (QED) is 0.588. The van der Waals surface area contributed by atoms with Gasteiger partial charge < -0.3 is 10.6 Å². The van der Waals surface area contributed by atoms with Crippen LogP contribution < -0.4 is 15.5 Å². The maximum Gasteiger partial charge on any atom is 0.419 e. The van der Waals surface area contributed by atoms with Crippen molar-refractivity contribution in [1.82, 2.24) is 15.6 Å². The van der Waals surface area contributed by atoms with E-state index in [1.807, 2.05) is 24.3 Å². The van der Waals surface area contributed by atoms with Crippen molar-refractivity contribution in [1.29, 1.82) is 5.26 Å². The fourth-order valence-corrected chi connectivity index (χ4v) is 5.01. The van der Waals surface area contributed by atoms with E-state index in [9.17, 15) is 22.8 Å². The Morgan fingerprint density at radius 1 is 1.37 bits per heavy atom. The second-order valence-electron chi connectivity index (χ2n) is 8.60. The third kappa shape index (κ3) is 4.46. The third-order valence-electron chi connectivity index (χ3n) is 6.61. The average Bonchev–Trinajstić information content (AvgIpc) is 3.10. The number of alkyl halides is 3. The molecule has 1 aromatic heterocycles. The molecule has 1 spiro atoms. The molecule has 11 heteroatoms. The number of hydrogen-bond acceptors (Lipinski definition) is 5. The Morgan fingerprint density at radius 2 is 2.09 bits per heavy atom. The van der Waals surface area contributed by atoms with Crippen LogP contribution in [0.4, 0.5) is 18.9 Å². The Balaban J connectivity index is 1.54. The van der Waals surface area contributed by atoms with Gasteiger partial charge in [0, 0.05) is 19.4 Å². The van der Waals surface area contributed by atoms with Gasteiger partial charge in [-0.05, 0) is 55.1 Å². The fraction of sp³-hybridized carbons (Fsp3) is 0.375. The first-order valence-electron chi connectivity index (χ1n) is 11.0. The number of carbonyl (C=O) groups is 2. The summed E-state index contributed by atoms with van der Waals surface area (Å²) in [6.45, 7) is 0. The lowest BCUT2D eigenvalue weighted by atomic mass is 9.63. The lowest BCUT2D eigenvalue weighted by Gasteiger charge is -2.45. The van der Waals surface area contributed by atoms with Crippen molar-refractivity contribution in [2.24, 2.45) is 0 Å². The van der Waals surface area contributed by atoms with Gasteiger partial charge in [-0.15, -0.1) is 0 Å². The number of amides is 2. The average molecular weight is 502 g/mol. The minimum Gasteiger partial charge on any atom is -0.359 e. The van der Waals surface area contributed by atoms with Crippen LogP contribution in [0.1, 0.15) is 54.0 Å². The van der Waals surface area contributed by atoms with E-state index in [4.69, 9.17) is 17.5 Å². The predicted molar refractivity (Wildman–Crippen MR) is 125 cm³/mol. The Morgan fingerprint density at radius 3 is 2.66 bits per heavy atom. The first kappa shape index (κ1) is 24.6. The molecule has 2 amide bonds. The van der Waals surface area contributed by atoms with E-state index in [0.717, 1.165) is 34.7 Å². The zero-order valence-corrected chi connectivity index (χ0v) is 19.6. The van der Waals surface area contributed by atoms with Gasteiger partial charge in [-0.2, -0.15) is 18.4 Å². The van der Waals surface area contributed by atoms with Crippen molar-refractivity contribution in [3.8, 4) is 6.07 Å². The Hall–Kier alpha value is -3.52. The first-order chi connectivity index (χ1) is 16.6. The van der Waals surface area contributed by atoms with Gasteiger partial charge in [0.15, 0.2) is 10.8 Å². The minimum absolute atomic E-state index is 0.00477. The molecule has 1 aliphatic heterocycles. The Kier molecular flexibility index (Phi) is 6.51. The third-order valence-corrected chi connectivity index (χ3v) is 6.90. The van der Waals surface area contributed by atoms with Crippen LogP contribution in [0.5, 0.6) is 0 Å². The lowest BCUT2D eigenvalue weighted by Crippen LogP contribution is -2.58. The SMILES string of the molecule is CNC(=O)CCCc1ccc(C2CCC23NC(=S)N(c2cnc(C#N)c(C(F)(F)F)c2)C3=O)cc1. The van der Waals surface area contributed by atoms with Crippen molar-refractivity contribution < 1.29 is 22.8 Å². The van der Waals surface area contributed by atoms with Gasteiger partial charge in [0.25, 0.3) is 5.91 Å². The van der Waals surface area contributed by atoms with E-state index >= 15 is 0 Å². The molecule has 2 atom stereocenters. The second kappa shape index (κ2) is 9.26. The van der Waals surface area contributed by atoms with Crippen LogP contribution in [0.15, 0.2) is 36.5 Å². The summed E-state index contributed by atoms with van der Waals surface area (Å²) in [4.78, 5) is 29.5. The summed E-state index contributed by atoms with van der Waals surface area (Å²) < 4.78 is 40.2. The number of hydrogen-bond donors (Lipinski definition) is 2. The molecular weight excluding hydrogens is 479 g/mol. The van der Waals surface area contributed by atoms with Gasteiger partial charge in [0.05, 0.1) is 17.4 Å². The summed E-state index contributed by atoms with van der Waals surface area (Å²) in [5, 5.41) is 14.6. The van der Waals surface area contributed by atoms with E-state index in [0.29, 0.717) is 25.7 Å². The largest absolute Gasteiger partial charge is 0.419 e. The molecule has 7 nitrogen and oxygen atoms in total. The van der Waals surface area contributed by atoms with E-state index in [-0.39, 0.29) is 22.6 Å².